The van der Waals surface area contributed by atoms with Crippen molar-refractivity contribution < 1.29 is 57.4 Å². The minimum atomic E-state index is -5.10. The van der Waals surface area contributed by atoms with Gasteiger partial charge in [-0.15, -0.1) is 0 Å². The maximum absolute atomic E-state index is 15.4. The predicted molar refractivity (Wildman–Crippen MR) is 172 cm³/mol. The van der Waals surface area contributed by atoms with Gasteiger partial charge < -0.3 is 4.74 Å². The van der Waals surface area contributed by atoms with Crippen molar-refractivity contribution in [1.82, 2.24) is 0 Å². The average Bonchev–Trinajstić information content (AvgIpc) is 3.04. The highest BCUT2D eigenvalue weighted by Crippen LogP contribution is 2.41. The Hall–Kier alpha value is -5.64. The topological polar surface area (TPSA) is 9.23 Å². The Kier molecular flexibility index (Phi) is 10.3. The molecular formula is C39H22F12O. The quantitative estimate of drug-likeness (QED) is 0.127. The number of halogens is 12. The van der Waals surface area contributed by atoms with E-state index in [1.807, 2.05) is 20.8 Å². The molecule has 268 valence electrons. The van der Waals surface area contributed by atoms with Crippen molar-refractivity contribution >= 4 is 21.5 Å². The Morgan fingerprint density at radius 3 is 1.69 bits per heavy atom. The second-order valence-corrected chi connectivity index (χ2v) is 11.1. The Morgan fingerprint density at radius 1 is 0.538 bits per heavy atom. The molecule has 0 amide bonds. The minimum absolute atomic E-state index is 0.224. The molecule has 52 heavy (non-hydrogen) atoms. The van der Waals surface area contributed by atoms with Gasteiger partial charge >= 0.3 is 12.3 Å². The summed E-state index contributed by atoms with van der Waals surface area (Å²) in [5, 5.41) is -2.81. The van der Waals surface area contributed by atoms with Crippen molar-refractivity contribution in [1.29, 1.82) is 0 Å². The number of alkyl halides is 5. The number of fused-ring (bicyclic) bond motifs is 2. The average molecular weight is 735 g/mol. The summed E-state index contributed by atoms with van der Waals surface area (Å²) in [6.45, 7) is 5.81. The molecule has 0 aliphatic rings. The number of ether oxygens (including phenoxy) is 1. The molecule has 13 heteroatoms. The molecule has 0 atom stereocenters. The van der Waals surface area contributed by atoms with Gasteiger partial charge in [-0.3, -0.25) is 0 Å². The zero-order valence-electron chi connectivity index (χ0n) is 26.9. The van der Waals surface area contributed by atoms with Gasteiger partial charge in [0.1, 0.15) is 46.2 Å². The standard InChI is InChI=1S/C37H16F12O.C2H6/c1-17-2-4-18(5-3-17)19-10-21-15-30(42)33(35(44)32(21)28(40)12-19)37(48,49)50-23-6-7-24(27(39)16-23)20-11-22-14-26(38)25(8-9-36(45,46)47)34(43)31(22)29(41)13-20;1-2/h2-7,10-16H,1H3;1-2H3. The summed E-state index contributed by atoms with van der Waals surface area (Å²) >= 11 is 0. The van der Waals surface area contributed by atoms with Crippen LogP contribution >= 0.6 is 0 Å². The summed E-state index contributed by atoms with van der Waals surface area (Å²) in [4.78, 5) is 0. The van der Waals surface area contributed by atoms with Crippen LogP contribution in [0.4, 0.5) is 52.7 Å². The van der Waals surface area contributed by atoms with Gasteiger partial charge in [0.25, 0.3) is 0 Å². The summed E-state index contributed by atoms with van der Waals surface area (Å²) in [5.74, 6) is -10.2. The van der Waals surface area contributed by atoms with Gasteiger partial charge in [0, 0.05) is 17.6 Å². The molecule has 6 aromatic rings. The Morgan fingerprint density at radius 2 is 1.10 bits per heavy atom. The highest BCUT2D eigenvalue weighted by Gasteiger charge is 2.42. The van der Waals surface area contributed by atoms with Crippen LogP contribution < -0.4 is 4.74 Å². The van der Waals surface area contributed by atoms with Gasteiger partial charge in [-0.1, -0.05) is 49.6 Å². The van der Waals surface area contributed by atoms with Crippen LogP contribution in [0.15, 0.2) is 78.9 Å². The van der Waals surface area contributed by atoms with E-state index in [-0.39, 0.29) is 16.5 Å². The first kappa shape index (κ1) is 37.6. The molecule has 0 saturated heterocycles. The van der Waals surface area contributed by atoms with E-state index in [1.165, 1.54) is 12.0 Å². The molecule has 6 aromatic carbocycles. The molecule has 0 spiro atoms. The maximum atomic E-state index is 15.4. The number of rotatable bonds is 5. The van der Waals surface area contributed by atoms with Gasteiger partial charge in [-0.25, -0.2) is 30.7 Å². The van der Waals surface area contributed by atoms with Crippen LogP contribution in [-0.4, -0.2) is 6.18 Å². The van der Waals surface area contributed by atoms with Gasteiger partial charge in [0.15, 0.2) is 5.82 Å². The third kappa shape index (κ3) is 7.37. The normalized spacial score (nSPS) is 11.6. The molecule has 0 aromatic heterocycles. The number of hydrogen-bond acceptors (Lipinski definition) is 1. The zero-order valence-corrected chi connectivity index (χ0v) is 26.9. The van der Waals surface area contributed by atoms with E-state index in [1.54, 1.807) is 24.3 Å². The van der Waals surface area contributed by atoms with Crippen LogP contribution in [0.3, 0.4) is 0 Å². The summed E-state index contributed by atoms with van der Waals surface area (Å²) in [7, 11) is 0. The van der Waals surface area contributed by atoms with Crippen LogP contribution in [0, 0.1) is 59.5 Å². The van der Waals surface area contributed by atoms with Crippen molar-refractivity contribution in [3.05, 3.63) is 136 Å². The maximum Gasteiger partial charge on any atom is 0.458 e. The Balaban J connectivity index is 0.00000257. The third-order valence-corrected chi connectivity index (χ3v) is 7.66. The largest absolute Gasteiger partial charge is 0.458 e. The predicted octanol–water partition coefficient (Wildman–Crippen LogP) is 12.7. The molecule has 0 saturated carbocycles. The molecular weight excluding hydrogens is 712 g/mol. The van der Waals surface area contributed by atoms with Crippen LogP contribution in [0.1, 0.15) is 30.5 Å². The van der Waals surface area contributed by atoms with Crippen molar-refractivity contribution in [2.75, 3.05) is 0 Å². The first-order valence-corrected chi connectivity index (χ1v) is 15.2. The van der Waals surface area contributed by atoms with E-state index in [0.29, 0.717) is 35.7 Å². The summed E-state index contributed by atoms with van der Waals surface area (Å²) in [6.07, 6.45) is -9.93. The van der Waals surface area contributed by atoms with Gasteiger partial charge in [0.05, 0.1) is 16.3 Å². The van der Waals surface area contributed by atoms with Crippen molar-refractivity contribution in [3.8, 4) is 39.8 Å². The van der Waals surface area contributed by atoms with Crippen molar-refractivity contribution in [2.45, 2.75) is 33.1 Å². The van der Waals surface area contributed by atoms with Gasteiger partial charge in [0.2, 0.25) is 0 Å². The molecule has 1 nitrogen and oxygen atoms in total. The van der Waals surface area contributed by atoms with Crippen molar-refractivity contribution in [3.63, 3.8) is 0 Å². The van der Waals surface area contributed by atoms with Crippen LogP contribution in [0.25, 0.3) is 43.8 Å². The number of aryl methyl sites for hydroxylation is 1. The molecule has 0 fully saturated rings. The molecule has 0 bridgehead atoms. The summed E-state index contributed by atoms with van der Waals surface area (Å²) in [6, 6.07) is 13.1. The third-order valence-electron chi connectivity index (χ3n) is 7.66. The molecule has 0 radical (unpaired) electrons. The SMILES string of the molecule is CC.Cc1ccc(-c2cc(F)c3c(F)c(C(F)(F)Oc4ccc(-c5cc(F)c6c(F)c(C#CC(F)(F)F)c(F)cc6c5)c(F)c4)c(F)cc3c2)cc1. The molecule has 0 unspecified atom stereocenters. The summed E-state index contributed by atoms with van der Waals surface area (Å²) < 4.78 is 177. The Bertz CT molecular complexity index is 2400. The fraction of sp³-hybridized carbons (Fsp3) is 0.128. The second kappa shape index (κ2) is 14.2. The van der Waals surface area contributed by atoms with E-state index in [2.05, 4.69) is 4.74 Å². The highest BCUT2D eigenvalue weighted by molar-refractivity contribution is 5.91. The van der Waals surface area contributed by atoms with Crippen LogP contribution in [-0.2, 0) is 6.11 Å². The van der Waals surface area contributed by atoms with E-state index >= 15 is 26.3 Å². The lowest BCUT2D eigenvalue weighted by Gasteiger charge is -2.21. The fourth-order valence-electron chi connectivity index (χ4n) is 5.40. The van der Waals surface area contributed by atoms with E-state index in [9.17, 15) is 26.3 Å². The van der Waals surface area contributed by atoms with E-state index < -0.39 is 91.6 Å². The summed E-state index contributed by atoms with van der Waals surface area (Å²) in [5.41, 5.74) is -2.61. The number of benzene rings is 6. The lowest BCUT2D eigenvalue weighted by atomic mass is 9.97. The molecule has 6 rings (SSSR count). The van der Waals surface area contributed by atoms with Gasteiger partial charge in [-0.05, 0) is 82.9 Å². The van der Waals surface area contributed by atoms with E-state index in [0.717, 1.165) is 29.8 Å². The molecule has 0 heterocycles. The molecule has 0 aliphatic carbocycles. The first-order chi connectivity index (χ1) is 24.4. The highest BCUT2D eigenvalue weighted by atomic mass is 19.4. The monoisotopic (exact) mass is 734 g/mol. The smallest absolute Gasteiger partial charge is 0.429 e. The van der Waals surface area contributed by atoms with Gasteiger partial charge in [-0.2, -0.15) is 22.0 Å². The first-order valence-electron chi connectivity index (χ1n) is 15.2. The fourth-order valence-corrected chi connectivity index (χ4v) is 5.40. The van der Waals surface area contributed by atoms with Crippen molar-refractivity contribution in [2.24, 2.45) is 0 Å². The molecule has 0 N–H and O–H groups in total. The van der Waals surface area contributed by atoms with Crippen LogP contribution in [0.2, 0.25) is 0 Å². The minimum Gasteiger partial charge on any atom is -0.429 e. The number of hydrogen-bond donors (Lipinski definition) is 0. The Labute approximate surface area is 288 Å². The second-order valence-electron chi connectivity index (χ2n) is 11.1. The lowest BCUT2D eigenvalue weighted by molar-refractivity contribution is -0.189. The van der Waals surface area contributed by atoms with E-state index in [4.69, 9.17) is 0 Å². The molecule has 0 aliphatic heterocycles. The lowest BCUT2D eigenvalue weighted by Crippen LogP contribution is -2.25. The van der Waals surface area contributed by atoms with Crippen LogP contribution in [0.5, 0.6) is 5.75 Å². The zero-order chi connectivity index (χ0) is 38.3.